The molecule has 0 aliphatic carbocycles. The maximum Gasteiger partial charge on any atom is 0.182 e. The number of carbonyl (C=O) groups is 1. The molecule has 0 radical (unpaired) electrons. The van der Waals surface area contributed by atoms with Crippen LogP contribution < -0.4 is 0 Å². The van der Waals surface area contributed by atoms with Crippen molar-refractivity contribution in [2.75, 3.05) is 0 Å². The van der Waals surface area contributed by atoms with E-state index in [1.165, 1.54) is 22.0 Å². The molecular formula is C14H15ClN2O. The Hall–Kier alpha value is -1.61. The maximum absolute atomic E-state index is 12.1. The van der Waals surface area contributed by atoms with Crippen molar-refractivity contribution in [3.63, 3.8) is 0 Å². The zero-order chi connectivity index (χ0) is 13.1. The maximum atomic E-state index is 12.1. The summed E-state index contributed by atoms with van der Waals surface area (Å²) in [5, 5.41) is 4.39. The van der Waals surface area contributed by atoms with Gasteiger partial charge in [-0.2, -0.15) is 5.10 Å². The van der Waals surface area contributed by atoms with E-state index in [9.17, 15) is 4.79 Å². The summed E-state index contributed by atoms with van der Waals surface area (Å²) in [6, 6.07) is 8.18. The summed E-state index contributed by atoms with van der Waals surface area (Å²) < 4.78 is 1.53. The Morgan fingerprint density at radius 1 is 1.44 bits per heavy atom. The van der Waals surface area contributed by atoms with Gasteiger partial charge in [0.2, 0.25) is 0 Å². The third-order valence-corrected chi connectivity index (χ3v) is 3.16. The quantitative estimate of drug-likeness (QED) is 0.793. The summed E-state index contributed by atoms with van der Waals surface area (Å²) in [4.78, 5) is 12.1. The molecule has 2 aromatic rings. The highest BCUT2D eigenvalue weighted by atomic mass is 35.5. The van der Waals surface area contributed by atoms with Crippen LogP contribution in [0.3, 0.4) is 0 Å². The zero-order valence-corrected chi connectivity index (χ0v) is 11.2. The highest BCUT2D eigenvalue weighted by molar-refractivity contribution is 6.33. The van der Waals surface area contributed by atoms with Crippen LogP contribution in [0.1, 0.15) is 28.0 Å². The van der Waals surface area contributed by atoms with E-state index in [1.807, 2.05) is 25.1 Å². The predicted octanol–water partition coefficient (Wildman–Crippen LogP) is 3.20. The lowest BCUT2D eigenvalue weighted by molar-refractivity contribution is 0.0974. The lowest BCUT2D eigenvalue weighted by Crippen LogP contribution is -2.08. The molecule has 0 atom stereocenters. The van der Waals surface area contributed by atoms with Gasteiger partial charge >= 0.3 is 0 Å². The van der Waals surface area contributed by atoms with Gasteiger partial charge in [-0.05, 0) is 18.9 Å². The Labute approximate surface area is 111 Å². The molecule has 0 bridgehead atoms. The van der Waals surface area contributed by atoms with E-state index in [4.69, 9.17) is 11.6 Å². The van der Waals surface area contributed by atoms with Crippen LogP contribution in [0, 0.1) is 6.92 Å². The molecule has 3 nitrogen and oxygen atoms in total. The van der Waals surface area contributed by atoms with Crippen molar-refractivity contribution in [3.8, 4) is 0 Å². The van der Waals surface area contributed by atoms with Gasteiger partial charge in [0.1, 0.15) is 5.69 Å². The fourth-order valence-corrected chi connectivity index (χ4v) is 2.24. The number of carbonyl (C=O) groups excluding carboxylic acids is 1. The first-order chi connectivity index (χ1) is 8.58. The highest BCUT2D eigenvalue weighted by Gasteiger charge is 2.15. The molecule has 0 saturated heterocycles. The summed E-state index contributed by atoms with van der Waals surface area (Å²) in [5.74, 6) is 0.0292. The number of aryl methyl sites for hydroxylation is 3. The predicted molar refractivity (Wildman–Crippen MR) is 72.0 cm³/mol. The van der Waals surface area contributed by atoms with Gasteiger partial charge in [0, 0.05) is 13.5 Å². The molecule has 18 heavy (non-hydrogen) atoms. The summed E-state index contributed by atoms with van der Waals surface area (Å²) in [6.45, 7) is 2.04. The number of Topliss-reactive ketones (excluding diaryl/α,β-unsaturated/α-hetero) is 1. The van der Waals surface area contributed by atoms with Gasteiger partial charge in [-0.3, -0.25) is 9.48 Å². The standard InChI is InChI=1S/C14H15ClN2O/c1-10-4-3-5-11(8-10)6-7-13(18)14-12(15)9-16-17(14)2/h3-5,8-9H,6-7H2,1-2H3. The van der Waals surface area contributed by atoms with E-state index in [-0.39, 0.29) is 5.78 Å². The first-order valence-corrected chi connectivity index (χ1v) is 6.22. The van der Waals surface area contributed by atoms with Gasteiger partial charge in [0.15, 0.2) is 5.78 Å². The Balaban J connectivity index is 2.05. The Kier molecular flexibility index (Phi) is 3.82. The first-order valence-electron chi connectivity index (χ1n) is 5.84. The van der Waals surface area contributed by atoms with Gasteiger partial charge < -0.3 is 0 Å². The smallest absolute Gasteiger partial charge is 0.182 e. The van der Waals surface area contributed by atoms with Crippen LogP contribution in [0.25, 0.3) is 0 Å². The number of ketones is 1. The van der Waals surface area contributed by atoms with Gasteiger partial charge in [-0.25, -0.2) is 0 Å². The molecule has 94 valence electrons. The van der Waals surface area contributed by atoms with Crippen LogP contribution >= 0.6 is 11.6 Å². The summed E-state index contributed by atoms with van der Waals surface area (Å²) in [7, 11) is 1.73. The molecular weight excluding hydrogens is 248 g/mol. The Morgan fingerprint density at radius 3 is 2.83 bits per heavy atom. The van der Waals surface area contributed by atoms with Crippen molar-refractivity contribution in [1.82, 2.24) is 9.78 Å². The zero-order valence-electron chi connectivity index (χ0n) is 10.5. The number of hydrogen-bond donors (Lipinski definition) is 0. The molecule has 0 amide bonds. The highest BCUT2D eigenvalue weighted by Crippen LogP contribution is 2.17. The third kappa shape index (κ3) is 2.79. The van der Waals surface area contributed by atoms with Crippen molar-refractivity contribution >= 4 is 17.4 Å². The Morgan fingerprint density at radius 2 is 2.22 bits per heavy atom. The van der Waals surface area contributed by atoms with Crippen molar-refractivity contribution in [2.24, 2.45) is 7.05 Å². The lowest BCUT2D eigenvalue weighted by atomic mass is 10.0. The van der Waals surface area contributed by atoms with E-state index >= 15 is 0 Å². The summed E-state index contributed by atoms with van der Waals surface area (Å²) >= 11 is 5.94. The van der Waals surface area contributed by atoms with Gasteiger partial charge in [0.05, 0.1) is 11.2 Å². The molecule has 1 aromatic carbocycles. The van der Waals surface area contributed by atoms with E-state index in [0.717, 1.165) is 6.42 Å². The average molecular weight is 263 g/mol. The minimum atomic E-state index is 0.0292. The number of nitrogens with zero attached hydrogens (tertiary/aromatic N) is 2. The molecule has 0 aliphatic heterocycles. The third-order valence-electron chi connectivity index (χ3n) is 2.88. The number of halogens is 1. The van der Waals surface area contributed by atoms with Crippen LogP contribution in [0.2, 0.25) is 5.02 Å². The van der Waals surface area contributed by atoms with Gasteiger partial charge in [-0.15, -0.1) is 0 Å². The van der Waals surface area contributed by atoms with E-state index in [1.54, 1.807) is 7.05 Å². The van der Waals surface area contributed by atoms with E-state index in [2.05, 4.69) is 11.2 Å². The van der Waals surface area contributed by atoms with Crippen LogP contribution in [-0.4, -0.2) is 15.6 Å². The van der Waals surface area contributed by atoms with Crippen molar-refractivity contribution < 1.29 is 4.79 Å². The van der Waals surface area contributed by atoms with Crippen molar-refractivity contribution in [3.05, 3.63) is 52.3 Å². The van der Waals surface area contributed by atoms with Crippen LogP contribution in [0.4, 0.5) is 0 Å². The largest absolute Gasteiger partial charge is 0.292 e. The van der Waals surface area contributed by atoms with E-state index < -0.39 is 0 Å². The molecule has 4 heteroatoms. The number of hydrogen-bond acceptors (Lipinski definition) is 2. The normalized spacial score (nSPS) is 10.6. The molecule has 0 unspecified atom stereocenters. The SMILES string of the molecule is Cc1cccc(CCC(=O)c2c(Cl)cnn2C)c1. The van der Waals surface area contributed by atoms with Crippen molar-refractivity contribution in [2.45, 2.75) is 19.8 Å². The van der Waals surface area contributed by atoms with Crippen LogP contribution in [-0.2, 0) is 13.5 Å². The second-order valence-electron chi connectivity index (χ2n) is 4.38. The molecule has 0 N–H and O–H groups in total. The first kappa shape index (κ1) is 12.8. The fourth-order valence-electron chi connectivity index (χ4n) is 1.97. The molecule has 0 saturated carbocycles. The van der Waals surface area contributed by atoms with E-state index in [0.29, 0.717) is 17.1 Å². The molecule has 0 spiro atoms. The summed E-state index contributed by atoms with van der Waals surface area (Å²) in [6.07, 6.45) is 2.67. The topological polar surface area (TPSA) is 34.9 Å². The molecule has 0 fully saturated rings. The molecule has 2 rings (SSSR count). The molecule has 1 heterocycles. The van der Waals surface area contributed by atoms with Crippen LogP contribution in [0.5, 0.6) is 0 Å². The average Bonchev–Trinajstić information content (AvgIpc) is 2.66. The number of benzene rings is 1. The van der Waals surface area contributed by atoms with Gasteiger partial charge in [-0.1, -0.05) is 41.4 Å². The second kappa shape index (κ2) is 5.36. The monoisotopic (exact) mass is 262 g/mol. The van der Waals surface area contributed by atoms with Crippen molar-refractivity contribution in [1.29, 1.82) is 0 Å². The minimum Gasteiger partial charge on any atom is -0.292 e. The Bertz CT molecular complexity index is 555. The molecule has 0 aliphatic rings. The molecule has 1 aromatic heterocycles. The lowest BCUT2D eigenvalue weighted by Gasteiger charge is -2.04. The fraction of sp³-hybridized carbons (Fsp3) is 0.286. The van der Waals surface area contributed by atoms with Crippen LogP contribution in [0.15, 0.2) is 30.5 Å². The number of rotatable bonds is 4. The summed E-state index contributed by atoms with van der Waals surface area (Å²) in [5.41, 5.74) is 2.87. The second-order valence-corrected chi connectivity index (χ2v) is 4.78. The van der Waals surface area contributed by atoms with Gasteiger partial charge in [0.25, 0.3) is 0 Å². The number of aromatic nitrogens is 2. The minimum absolute atomic E-state index is 0.0292.